The van der Waals surface area contributed by atoms with Gasteiger partial charge in [0.25, 0.3) is 0 Å². The van der Waals surface area contributed by atoms with Crippen LogP contribution in [0.4, 0.5) is 5.69 Å². The molecule has 1 aromatic rings. The lowest BCUT2D eigenvalue weighted by atomic mass is 9.78. The first-order valence-electron chi connectivity index (χ1n) is 10.2. The molecule has 158 valence electrons. The maximum Gasteiger partial charge on any atom is 0.0452 e. The first-order valence-corrected chi connectivity index (χ1v) is 11.3. The Bertz CT molecular complexity index is 744. The molecule has 0 amide bonds. The molecule has 2 rings (SSSR count). The number of nitrogens with zero attached hydrogens (tertiary/aromatic N) is 1. The van der Waals surface area contributed by atoms with Gasteiger partial charge in [-0.3, -0.25) is 0 Å². The Morgan fingerprint density at radius 2 is 1.72 bits per heavy atom. The van der Waals surface area contributed by atoms with Crippen LogP contribution in [0.5, 0.6) is 0 Å². The van der Waals surface area contributed by atoms with Gasteiger partial charge in [0.2, 0.25) is 0 Å². The third-order valence-electron chi connectivity index (χ3n) is 4.54. The first kappa shape index (κ1) is 26.9. The number of alkyl halides is 1. The summed E-state index contributed by atoms with van der Waals surface area (Å²) in [6.45, 7) is 26.2. The largest absolute Gasteiger partial charge is 0.337 e. The van der Waals surface area contributed by atoms with E-state index < -0.39 is 0 Å². The molecule has 0 aliphatic carbocycles. The van der Waals surface area contributed by atoms with Gasteiger partial charge in [-0.05, 0) is 47.6 Å². The average Bonchev–Trinajstić information content (AvgIpc) is 2.83. The minimum absolute atomic E-state index is 0.0553. The number of rotatable bonds is 6. The summed E-state index contributed by atoms with van der Waals surface area (Å²) in [5.41, 5.74) is 6.52. The number of benzene rings is 1. The lowest BCUT2D eigenvalue weighted by Crippen LogP contribution is -2.24. The van der Waals surface area contributed by atoms with E-state index in [9.17, 15) is 0 Å². The molecule has 2 heteroatoms. The lowest BCUT2D eigenvalue weighted by Gasteiger charge is -2.30. The Hall–Kier alpha value is -2.06. The van der Waals surface area contributed by atoms with Gasteiger partial charge >= 0.3 is 0 Å². The Morgan fingerprint density at radius 3 is 2.17 bits per heavy atom. The number of halogens is 1. The molecule has 29 heavy (non-hydrogen) atoms. The van der Waals surface area contributed by atoms with Gasteiger partial charge in [-0.2, -0.15) is 0 Å². The molecule has 0 atom stereocenters. The fraction of sp³-hybridized carbons (Fsp3) is 0.333. The van der Waals surface area contributed by atoms with E-state index in [-0.39, 0.29) is 5.41 Å². The monoisotopic (exact) mass is 455 g/mol. The maximum absolute atomic E-state index is 4.06. The highest BCUT2D eigenvalue weighted by molar-refractivity contribution is 9.08. The van der Waals surface area contributed by atoms with Crippen LogP contribution in [-0.2, 0) is 10.7 Å². The highest BCUT2D eigenvalue weighted by Gasteiger charge is 2.31. The second kappa shape index (κ2) is 14.0. The average molecular weight is 457 g/mol. The zero-order valence-corrected chi connectivity index (χ0v) is 20.6. The van der Waals surface area contributed by atoms with Crippen molar-refractivity contribution in [3.63, 3.8) is 0 Å². The summed E-state index contributed by atoms with van der Waals surface area (Å²) < 4.78 is 0. The van der Waals surface area contributed by atoms with Gasteiger partial charge in [0.15, 0.2) is 0 Å². The highest BCUT2D eigenvalue weighted by Crippen LogP contribution is 2.43. The molecule has 1 aromatic carbocycles. The third-order valence-corrected chi connectivity index (χ3v) is 5.18. The van der Waals surface area contributed by atoms with Gasteiger partial charge in [-0.15, -0.1) is 6.58 Å². The lowest BCUT2D eigenvalue weighted by molar-refractivity contribution is 0.528. The summed E-state index contributed by atoms with van der Waals surface area (Å²) >= 11 is 3.58. The quantitative estimate of drug-likeness (QED) is 0.235. The van der Waals surface area contributed by atoms with E-state index in [1.807, 2.05) is 26.0 Å². The predicted octanol–water partition coefficient (Wildman–Crippen LogP) is 8.66. The Labute approximate surface area is 188 Å². The van der Waals surface area contributed by atoms with Crippen LogP contribution in [-0.4, -0.2) is 6.54 Å². The van der Waals surface area contributed by atoms with Crippen LogP contribution in [0.15, 0.2) is 92.2 Å². The molecule has 0 bridgehead atoms. The van der Waals surface area contributed by atoms with Gasteiger partial charge in [-0.1, -0.05) is 106 Å². The SMILES string of the molecule is C=CC=C.C=CCN1C(/C=C\C)=C(C=C)CC(C)(C)c2cc(CBr)ccc21.CC. The molecular formula is C27H38BrN. The third kappa shape index (κ3) is 7.36. The van der Waals surface area contributed by atoms with E-state index in [0.29, 0.717) is 0 Å². The summed E-state index contributed by atoms with van der Waals surface area (Å²) in [7, 11) is 0. The molecule has 0 saturated heterocycles. The number of allylic oxidation sites excluding steroid dienone is 6. The number of hydrogen-bond acceptors (Lipinski definition) is 1. The Balaban J connectivity index is 0.00000116. The molecule has 0 unspecified atom stereocenters. The van der Waals surface area contributed by atoms with Crippen LogP contribution in [0.25, 0.3) is 0 Å². The molecule has 1 aliphatic rings. The molecule has 0 spiro atoms. The van der Waals surface area contributed by atoms with Crippen molar-refractivity contribution in [2.45, 2.75) is 51.8 Å². The molecule has 0 radical (unpaired) electrons. The first-order chi connectivity index (χ1) is 13.9. The van der Waals surface area contributed by atoms with Crippen molar-refractivity contribution >= 4 is 21.6 Å². The normalized spacial score (nSPS) is 14.5. The van der Waals surface area contributed by atoms with E-state index in [1.165, 1.54) is 28.1 Å². The predicted molar refractivity (Wildman–Crippen MR) is 138 cm³/mol. The molecule has 0 aromatic heterocycles. The van der Waals surface area contributed by atoms with Crippen molar-refractivity contribution in [1.29, 1.82) is 0 Å². The van der Waals surface area contributed by atoms with Crippen LogP contribution in [0.1, 0.15) is 52.2 Å². The van der Waals surface area contributed by atoms with Crippen molar-refractivity contribution in [2.75, 3.05) is 11.4 Å². The molecule has 1 nitrogen and oxygen atoms in total. The molecular weight excluding hydrogens is 418 g/mol. The zero-order chi connectivity index (χ0) is 22.4. The second-order valence-corrected chi connectivity index (χ2v) is 7.59. The van der Waals surface area contributed by atoms with Crippen LogP contribution in [0.2, 0.25) is 0 Å². The number of anilines is 1. The van der Waals surface area contributed by atoms with Crippen LogP contribution >= 0.6 is 15.9 Å². The van der Waals surface area contributed by atoms with Crippen molar-refractivity contribution in [3.05, 3.63) is 103 Å². The Morgan fingerprint density at radius 1 is 1.10 bits per heavy atom. The second-order valence-electron chi connectivity index (χ2n) is 7.03. The molecule has 1 heterocycles. The van der Waals surface area contributed by atoms with Crippen molar-refractivity contribution in [1.82, 2.24) is 0 Å². The summed E-state index contributed by atoms with van der Waals surface area (Å²) in [6.07, 6.45) is 12.5. The fourth-order valence-electron chi connectivity index (χ4n) is 3.27. The summed E-state index contributed by atoms with van der Waals surface area (Å²) in [6, 6.07) is 6.78. The molecule has 1 aliphatic heterocycles. The molecule has 0 fully saturated rings. The maximum atomic E-state index is 4.06. The van der Waals surface area contributed by atoms with Crippen molar-refractivity contribution < 1.29 is 0 Å². The standard InChI is InChI=1S/C21H26BrN.C4H6.C2H6/c1-6-9-19-17(8-3)14-21(4,5)18-13-16(15-22)10-11-20(18)23(19)12-7-2;1-3-4-2;1-2/h6-11,13H,2-3,12,14-15H2,1,4-5H3;3-4H,1-2H2;1-2H3/b9-6-;;. The number of fused-ring (bicyclic) bond motifs is 1. The summed E-state index contributed by atoms with van der Waals surface area (Å²) in [5, 5.41) is 0.876. The molecule has 0 N–H and O–H groups in total. The highest BCUT2D eigenvalue weighted by atomic mass is 79.9. The fourth-order valence-corrected chi connectivity index (χ4v) is 3.61. The Kier molecular flexibility index (Phi) is 13.0. The van der Waals surface area contributed by atoms with E-state index in [0.717, 1.165) is 18.3 Å². The minimum atomic E-state index is 0.0553. The van der Waals surface area contributed by atoms with Crippen LogP contribution in [0.3, 0.4) is 0 Å². The van der Waals surface area contributed by atoms with Gasteiger partial charge in [-0.25, -0.2) is 0 Å². The number of hydrogen-bond donors (Lipinski definition) is 0. The smallest absolute Gasteiger partial charge is 0.0452 e. The zero-order valence-electron chi connectivity index (χ0n) is 19.0. The van der Waals surface area contributed by atoms with Crippen molar-refractivity contribution in [3.8, 4) is 0 Å². The molecule has 0 saturated carbocycles. The summed E-state index contributed by atoms with van der Waals surface area (Å²) in [5.74, 6) is 0. The summed E-state index contributed by atoms with van der Waals surface area (Å²) in [4.78, 5) is 2.35. The van der Waals surface area contributed by atoms with Gasteiger partial charge < -0.3 is 4.90 Å². The van der Waals surface area contributed by atoms with Crippen molar-refractivity contribution in [2.24, 2.45) is 0 Å². The van der Waals surface area contributed by atoms with Gasteiger partial charge in [0.1, 0.15) is 0 Å². The van der Waals surface area contributed by atoms with E-state index in [2.05, 4.69) is 98.3 Å². The van der Waals surface area contributed by atoms with Gasteiger partial charge in [0.05, 0.1) is 0 Å². The van der Waals surface area contributed by atoms with E-state index in [4.69, 9.17) is 0 Å². The topological polar surface area (TPSA) is 3.24 Å². The van der Waals surface area contributed by atoms with Crippen LogP contribution < -0.4 is 4.90 Å². The van der Waals surface area contributed by atoms with E-state index >= 15 is 0 Å². The van der Waals surface area contributed by atoms with Crippen LogP contribution in [0, 0.1) is 0 Å². The minimum Gasteiger partial charge on any atom is -0.337 e. The van der Waals surface area contributed by atoms with E-state index in [1.54, 1.807) is 12.2 Å². The van der Waals surface area contributed by atoms with Gasteiger partial charge in [0, 0.05) is 23.3 Å².